The van der Waals surface area contributed by atoms with E-state index >= 15 is 0 Å². The minimum Gasteiger partial charge on any atom is -0.369 e. The zero-order valence-corrected chi connectivity index (χ0v) is 14.8. The molecule has 0 aliphatic heterocycles. The summed E-state index contributed by atoms with van der Waals surface area (Å²) in [6.07, 6.45) is -4.54. The van der Waals surface area contributed by atoms with Gasteiger partial charge < -0.3 is 15.5 Å². The van der Waals surface area contributed by atoms with E-state index in [1.807, 2.05) is 19.0 Å². The molecule has 5 nitrogen and oxygen atoms in total. The molecular formula is C16H19ClF3N5. The van der Waals surface area contributed by atoms with Gasteiger partial charge in [0.1, 0.15) is 5.82 Å². The molecule has 0 fully saturated rings. The van der Waals surface area contributed by atoms with Gasteiger partial charge in [0.2, 0.25) is 5.95 Å². The van der Waals surface area contributed by atoms with Gasteiger partial charge in [-0.25, -0.2) is 4.98 Å². The van der Waals surface area contributed by atoms with Crippen molar-refractivity contribution in [3.05, 3.63) is 40.5 Å². The summed E-state index contributed by atoms with van der Waals surface area (Å²) in [5.74, 6) is 0.625. The van der Waals surface area contributed by atoms with E-state index in [2.05, 4.69) is 20.6 Å². The number of benzene rings is 1. The van der Waals surface area contributed by atoms with Crippen molar-refractivity contribution in [2.45, 2.75) is 13.1 Å². The lowest BCUT2D eigenvalue weighted by atomic mass is 10.1. The lowest BCUT2D eigenvalue weighted by molar-refractivity contribution is -0.136. The van der Waals surface area contributed by atoms with Gasteiger partial charge in [-0.2, -0.15) is 18.2 Å². The number of nitrogens with one attached hydrogen (secondary N) is 2. The van der Waals surface area contributed by atoms with Gasteiger partial charge in [0.25, 0.3) is 0 Å². The summed E-state index contributed by atoms with van der Waals surface area (Å²) >= 11 is 5.69. The highest BCUT2D eigenvalue weighted by molar-refractivity contribution is 6.30. The van der Waals surface area contributed by atoms with Crippen LogP contribution in [0.1, 0.15) is 11.3 Å². The maximum atomic E-state index is 13.2. The van der Waals surface area contributed by atoms with Crippen LogP contribution >= 0.6 is 11.6 Å². The lowest BCUT2D eigenvalue weighted by Gasteiger charge is -2.15. The Bertz CT molecular complexity index is 734. The van der Waals surface area contributed by atoms with Gasteiger partial charge >= 0.3 is 6.18 Å². The molecule has 0 atom stereocenters. The van der Waals surface area contributed by atoms with E-state index in [-0.39, 0.29) is 16.7 Å². The molecule has 0 amide bonds. The average molecular weight is 374 g/mol. The second kappa shape index (κ2) is 7.88. The predicted molar refractivity (Wildman–Crippen MR) is 93.5 cm³/mol. The second-order valence-corrected chi connectivity index (χ2v) is 6.20. The van der Waals surface area contributed by atoms with Crippen molar-refractivity contribution in [1.29, 1.82) is 0 Å². The fourth-order valence-corrected chi connectivity index (χ4v) is 2.28. The molecule has 2 rings (SSSR count). The molecule has 136 valence electrons. The first kappa shape index (κ1) is 19.3. The number of rotatable bonds is 6. The predicted octanol–water partition coefficient (Wildman–Crippen LogP) is 4.17. The second-order valence-electron chi connectivity index (χ2n) is 5.76. The molecule has 0 saturated carbocycles. The van der Waals surface area contributed by atoms with E-state index in [1.165, 1.54) is 12.1 Å². The normalized spacial score (nSPS) is 11.7. The first-order valence-corrected chi connectivity index (χ1v) is 7.91. The smallest absolute Gasteiger partial charge is 0.369 e. The van der Waals surface area contributed by atoms with Gasteiger partial charge in [0, 0.05) is 29.9 Å². The summed E-state index contributed by atoms with van der Waals surface area (Å²) in [7, 11) is 3.89. The van der Waals surface area contributed by atoms with Crippen LogP contribution < -0.4 is 10.6 Å². The molecule has 2 N–H and O–H groups in total. The van der Waals surface area contributed by atoms with Crippen molar-refractivity contribution in [2.75, 3.05) is 37.8 Å². The van der Waals surface area contributed by atoms with Gasteiger partial charge in [-0.15, -0.1) is 0 Å². The lowest BCUT2D eigenvalue weighted by Crippen LogP contribution is -2.21. The van der Waals surface area contributed by atoms with Crippen molar-refractivity contribution >= 4 is 29.1 Å². The molecule has 0 bridgehead atoms. The van der Waals surface area contributed by atoms with Crippen LogP contribution in [0.5, 0.6) is 0 Å². The van der Waals surface area contributed by atoms with Crippen LogP contribution in [0, 0.1) is 6.92 Å². The zero-order valence-electron chi connectivity index (χ0n) is 14.1. The zero-order chi connectivity index (χ0) is 18.6. The number of halogens is 4. The fourth-order valence-electron chi connectivity index (χ4n) is 2.10. The molecule has 2 aromatic rings. The third-order valence-corrected chi connectivity index (χ3v) is 3.49. The molecule has 0 unspecified atom stereocenters. The Morgan fingerprint density at radius 1 is 1.16 bits per heavy atom. The van der Waals surface area contributed by atoms with Gasteiger partial charge in [-0.3, -0.25) is 0 Å². The molecule has 0 aliphatic carbocycles. The van der Waals surface area contributed by atoms with Crippen LogP contribution in [0.15, 0.2) is 24.3 Å². The number of alkyl halides is 3. The number of aromatic nitrogens is 2. The summed E-state index contributed by atoms with van der Waals surface area (Å²) < 4.78 is 39.5. The Morgan fingerprint density at radius 2 is 1.88 bits per heavy atom. The van der Waals surface area contributed by atoms with Crippen LogP contribution in [0.25, 0.3) is 0 Å². The average Bonchev–Trinajstić information content (AvgIpc) is 2.47. The molecular weight excluding hydrogens is 355 g/mol. The minimum atomic E-state index is -4.54. The fraction of sp³-hybridized carbons (Fsp3) is 0.375. The van der Waals surface area contributed by atoms with Crippen LogP contribution in [-0.4, -0.2) is 42.1 Å². The summed E-state index contributed by atoms with van der Waals surface area (Å²) in [6, 6.07) is 5.24. The number of hydrogen-bond donors (Lipinski definition) is 2. The number of aryl methyl sites for hydroxylation is 1. The van der Waals surface area contributed by atoms with E-state index in [1.54, 1.807) is 13.0 Å². The molecule has 0 saturated heterocycles. The number of hydrogen-bond acceptors (Lipinski definition) is 5. The molecule has 1 heterocycles. The Hall–Kier alpha value is -2.06. The third kappa shape index (κ3) is 5.75. The largest absolute Gasteiger partial charge is 0.418 e. The van der Waals surface area contributed by atoms with Crippen LogP contribution in [-0.2, 0) is 6.18 Å². The monoisotopic (exact) mass is 373 g/mol. The minimum absolute atomic E-state index is 0.00840. The molecule has 0 aliphatic rings. The van der Waals surface area contributed by atoms with Crippen LogP contribution in [0.4, 0.5) is 30.6 Å². The highest BCUT2D eigenvalue weighted by atomic mass is 35.5. The Kier molecular flexibility index (Phi) is 6.07. The molecule has 25 heavy (non-hydrogen) atoms. The van der Waals surface area contributed by atoms with Crippen molar-refractivity contribution in [1.82, 2.24) is 14.9 Å². The molecule has 9 heteroatoms. The summed E-state index contributed by atoms with van der Waals surface area (Å²) in [4.78, 5) is 10.4. The SMILES string of the molecule is Cc1cc(NCCN(C)C)nc(Nc2ccc(Cl)cc2C(F)(F)F)n1. The third-order valence-electron chi connectivity index (χ3n) is 3.25. The molecule has 0 spiro atoms. The first-order valence-electron chi connectivity index (χ1n) is 7.53. The maximum absolute atomic E-state index is 13.2. The molecule has 0 radical (unpaired) electrons. The van der Waals surface area contributed by atoms with Crippen molar-refractivity contribution in [3.8, 4) is 0 Å². The van der Waals surface area contributed by atoms with Crippen molar-refractivity contribution < 1.29 is 13.2 Å². The maximum Gasteiger partial charge on any atom is 0.418 e. The highest BCUT2D eigenvalue weighted by Gasteiger charge is 2.34. The van der Waals surface area contributed by atoms with Crippen molar-refractivity contribution in [3.63, 3.8) is 0 Å². The van der Waals surface area contributed by atoms with E-state index < -0.39 is 11.7 Å². The standard InChI is InChI=1S/C16H19ClF3N5/c1-10-8-14(21-6-7-25(2)3)24-15(22-10)23-13-5-4-11(17)9-12(13)16(18,19)20/h4-5,8-9H,6-7H2,1-3H3,(H2,21,22,23,24). The summed E-state index contributed by atoms with van der Waals surface area (Å²) in [5, 5.41) is 5.76. The number of anilines is 3. The van der Waals surface area contributed by atoms with Gasteiger partial charge in [-0.1, -0.05) is 11.6 Å². The van der Waals surface area contributed by atoms with E-state index in [4.69, 9.17) is 11.6 Å². The van der Waals surface area contributed by atoms with E-state index in [9.17, 15) is 13.2 Å². The first-order chi connectivity index (χ1) is 11.6. The number of likely N-dealkylation sites (N-methyl/N-ethyl adjacent to an activating group) is 1. The van der Waals surface area contributed by atoms with E-state index in [0.29, 0.717) is 18.1 Å². The van der Waals surface area contributed by atoms with Crippen molar-refractivity contribution in [2.24, 2.45) is 0 Å². The molecule has 1 aromatic carbocycles. The Balaban J connectivity index is 2.24. The highest BCUT2D eigenvalue weighted by Crippen LogP contribution is 2.37. The van der Waals surface area contributed by atoms with Gasteiger partial charge in [0.05, 0.1) is 11.3 Å². The van der Waals surface area contributed by atoms with Gasteiger partial charge in [-0.05, 0) is 39.2 Å². The number of nitrogens with zero attached hydrogens (tertiary/aromatic N) is 3. The molecule has 1 aromatic heterocycles. The topological polar surface area (TPSA) is 53.1 Å². The van der Waals surface area contributed by atoms with Gasteiger partial charge in [0.15, 0.2) is 0 Å². The Morgan fingerprint density at radius 3 is 2.52 bits per heavy atom. The van der Waals surface area contributed by atoms with E-state index in [0.717, 1.165) is 12.6 Å². The Labute approximate surface area is 149 Å². The summed E-state index contributed by atoms with van der Waals surface area (Å²) in [5.41, 5.74) is -0.388. The summed E-state index contributed by atoms with van der Waals surface area (Å²) in [6.45, 7) is 3.19. The van der Waals surface area contributed by atoms with Crippen LogP contribution in [0.2, 0.25) is 5.02 Å². The quantitative estimate of drug-likeness (QED) is 0.795. The van der Waals surface area contributed by atoms with Crippen LogP contribution in [0.3, 0.4) is 0 Å².